The molecular formula is C27H31BrN2O5S. The van der Waals surface area contributed by atoms with Crippen molar-refractivity contribution in [2.24, 2.45) is 0 Å². The zero-order valence-electron chi connectivity index (χ0n) is 20.4. The van der Waals surface area contributed by atoms with E-state index >= 15 is 0 Å². The SMILES string of the molecule is CCOc1ccc(CCCNC(=O)CN(c2ccc(OCC)cc2)S(=O)(=O)c2ccc(Br)cc2)cc1. The van der Waals surface area contributed by atoms with Crippen LogP contribution in [0.15, 0.2) is 82.2 Å². The van der Waals surface area contributed by atoms with E-state index in [-0.39, 0.29) is 17.3 Å². The van der Waals surface area contributed by atoms with E-state index < -0.39 is 10.0 Å². The van der Waals surface area contributed by atoms with Gasteiger partial charge in [0.2, 0.25) is 5.91 Å². The van der Waals surface area contributed by atoms with Gasteiger partial charge >= 0.3 is 0 Å². The van der Waals surface area contributed by atoms with E-state index in [0.717, 1.165) is 32.9 Å². The molecule has 0 saturated carbocycles. The van der Waals surface area contributed by atoms with E-state index in [1.165, 1.54) is 12.1 Å². The van der Waals surface area contributed by atoms with Crippen molar-refractivity contribution < 1.29 is 22.7 Å². The van der Waals surface area contributed by atoms with Crippen LogP contribution in [0.5, 0.6) is 11.5 Å². The molecule has 36 heavy (non-hydrogen) atoms. The van der Waals surface area contributed by atoms with Gasteiger partial charge in [0, 0.05) is 11.0 Å². The Kier molecular flexibility index (Phi) is 10.2. The third-order valence-electron chi connectivity index (χ3n) is 5.32. The molecule has 0 fully saturated rings. The van der Waals surface area contributed by atoms with Crippen molar-refractivity contribution in [2.75, 3.05) is 30.6 Å². The Labute approximate surface area is 221 Å². The third-order valence-corrected chi connectivity index (χ3v) is 7.64. The van der Waals surface area contributed by atoms with Crippen LogP contribution < -0.4 is 19.1 Å². The first-order chi connectivity index (χ1) is 17.3. The summed E-state index contributed by atoms with van der Waals surface area (Å²) in [7, 11) is -3.97. The number of aryl methyl sites for hydroxylation is 1. The molecule has 3 aromatic rings. The van der Waals surface area contributed by atoms with Crippen molar-refractivity contribution in [3.05, 3.63) is 82.8 Å². The molecule has 0 aliphatic heterocycles. The topological polar surface area (TPSA) is 84.9 Å². The van der Waals surface area contributed by atoms with Crippen LogP contribution in [0.3, 0.4) is 0 Å². The summed E-state index contributed by atoms with van der Waals surface area (Å²) in [6.07, 6.45) is 1.51. The average molecular weight is 576 g/mol. The summed E-state index contributed by atoms with van der Waals surface area (Å²) in [6.45, 7) is 5.03. The lowest BCUT2D eigenvalue weighted by atomic mass is 10.1. The summed E-state index contributed by atoms with van der Waals surface area (Å²) in [5.41, 5.74) is 1.52. The van der Waals surface area contributed by atoms with Gasteiger partial charge in [0.25, 0.3) is 10.0 Å². The fraction of sp³-hybridized carbons (Fsp3) is 0.296. The van der Waals surface area contributed by atoms with Gasteiger partial charge in [-0.25, -0.2) is 8.42 Å². The number of carbonyl (C=O) groups excluding carboxylic acids is 1. The Bertz CT molecular complexity index is 1210. The molecule has 1 N–H and O–H groups in total. The van der Waals surface area contributed by atoms with Crippen LogP contribution in [0.4, 0.5) is 5.69 Å². The van der Waals surface area contributed by atoms with Gasteiger partial charge in [0.1, 0.15) is 18.0 Å². The fourth-order valence-electron chi connectivity index (χ4n) is 3.55. The van der Waals surface area contributed by atoms with Crippen molar-refractivity contribution in [1.29, 1.82) is 0 Å². The van der Waals surface area contributed by atoms with Crippen LogP contribution in [-0.2, 0) is 21.2 Å². The number of amides is 1. The minimum absolute atomic E-state index is 0.0999. The highest BCUT2D eigenvalue weighted by molar-refractivity contribution is 9.10. The molecule has 192 valence electrons. The fourth-order valence-corrected chi connectivity index (χ4v) is 5.24. The minimum Gasteiger partial charge on any atom is -0.494 e. The third kappa shape index (κ3) is 7.73. The molecule has 0 spiro atoms. The Morgan fingerprint density at radius 1 is 0.861 bits per heavy atom. The first kappa shape index (κ1) is 27.5. The van der Waals surface area contributed by atoms with E-state index in [2.05, 4.69) is 21.2 Å². The van der Waals surface area contributed by atoms with Crippen molar-refractivity contribution in [3.8, 4) is 11.5 Å². The zero-order chi connectivity index (χ0) is 26.0. The summed E-state index contributed by atoms with van der Waals surface area (Å²) >= 11 is 3.33. The average Bonchev–Trinajstić information content (AvgIpc) is 2.87. The molecule has 0 aliphatic carbocycles. The molecule has 0 saturated heterocycles. The van der Waals surface area contributed by atoms with Crippen LogP contribution in [-0.4, -0.2) is 40.6 Å². The summed E-state index contributed by atoms with van der Waals surface area (Å²) in [5, 5.41) is 2.85. The number of carbonyl (C=O) groups is 1. The Morgan fingerprint density at radius 3 is 1.97 bits per heavy atom. The number of ether oxygens (including phenoxy) is 2. The molecule has 1 amide bonds. The van der Waals surface area contributed by atoms with Crippen molar-refractivity contribution in [1.82, 2.24) is 5.32 Å². The van der Waals surface area contributed by atoms with Crippen molar-refractivity contribution in [2.45, 2.75) is 31.6 Å². The highest BCUT2D eigenvalue weighted by Gasteiger charge is 2.27. The van der Waals surface area contributed by atoms with Gasteiger partial charge in [-0.15, -0.1) is 0 Å². The molecule has 0 atom stereocenters. The maximum atomic E-state index is 13.5. The van der Waals surface area contributed by atoms with Crippen LogP contribution >= 0.6 is 15.9 Å². The van der Waals surface area contributed by atoms with Crippen molar-refractivity contribution in [3.63, 3.8) is 0 Å². The number of rotatable bonds is 13. The molecule has 3 aromatic carbocycles. The minimum atomic E-state index is -3.97. The number of nitrogens with one attached hydrogen (secondary N) is 1. The Morgan fingerprint density at radius 2 is 1.42 bits per heavy atom. The van der Waals surface area contributed by atoms with E-state index in [4.69, 9.17) is 9.47 Å². The second-order valence-corrected chi connectivity index (χ2v) is 10.7. The second-order valence-electron chi connectivity index (χ2n) is 7.92. The predicted octanol–water partition coefficient (Wildman–Crippen LogP) is 5.19. The van der Waals surface area contributed by atoms with Gasteiger partial charge in [0.05, 0.1) is 23.8 Å². The number of halogens is 1. The zero-order valence-corrected chi connectivity index (χ0v) is 22.8. The first-order valence-corrected chi connectivity index (χ1v) is 14.1. The highest BCUT2D eigenvalue weighted by Crippen LogP contribution is 2.26. The number of benzene rings is 3. The molecule has 0 bridgehead atoms. The van der Waals surface area contributed by atoms with E-state index in [1.54, 1.807) is 36.4 Å². The lowest BCUT2D eigenvalue weighted by Gasteiger charge is -2.24. The number of hydrogen-bond acceptors (Lipinski definition) is 5. The largest absolute Gasteiger partial charge is 0.494 e. The highest BCUT2D eigenvalue weighted by atomic mass is 79.9. The van der Waals surface area contributed by atoms with Gasteiger partial charge < -0.3 is 14.8 Å². The first-order valence-electron chi connectivity index (χ1n) is 11.8. The number of sulfonamides is 1. The molecule has 9 heteroatoms. The summed E-state index contributed by atoms with van der Waals surface area (Å²) in [4.78, 5) is 12.9. The molecule has 0 radical (unpaired) electrons. The standard InChI is InChI=1S/C27H31BrN2O5S/c1-3-34-24-13-7-21(8-14-24)6-5-19-29-27(31)20-30(23-11-15-25(16-12-23)35-4-2)36(32,33)26-17-9-22(28)10-18-26/h7-18H,3-6,19-20H2,1-2H3,(H,29,31). The van der Waals surface area contributed by atoms with Gasteiger partial charge in [-0.2, -0.15) is 0 Å². The Hall–Kier alpha value is -3.04. The summed E-state index contributed by atoms with van der Waals surface area (Å²) < 4.78 is 39.7. The predicted molar refractivity (Wildman–Crippen MR) is 145 cm³/mol. The van der Waals surface area contributed by atoms with Crippen LogP contribution in [0.1, 0.15) is 25.8 Å². The van der Waals surface area contributed by atoms with Crippen molar-refractivity contribution >= 4 is 37.5 Å². The number of anilines is 1. The van der Waals surface area contributed by atoms with Gasteiger partial charge in [-0.1, -0.05) is 28.1 Å². The van der Waals surface area contributed by atoms with E-state index in [1.807, 2.05) is 38.1 Å². The maximum Gasteiger partial charge on any atom is 0.264 e. The normalized spacial score (nSPS) is 11.1. The van der Waals surface area contributed by atoms with Crippen LogP contribution in [0.25, 0.3) is 0 Å². The lowest BCUT2D eigenvalue weighted by molar-refractivity contribution is -0.119. The molecule has 0 aromatic heterocycles. The van der Waals surface area contributed by atoms with Crippen LogP contribution in [0.2, 0.25) is 0 Å². The lowest BCUT2D eigenvalue weighted by Crippen LogP contribution is -2.41. The quantitative estimate of drug-likeness (QED) is 0.284. The maximum absolute atomic E-state index is 13.5. The van der Waals surface area contributed by atoms with E-state index in [0.29, 0.717) is 31.2 Å². The molecule has 3 rings (SSSR count). The Balaban J connectivity index is 1.67. The van der Waals surface area contributed by atoms with Gasteiger partial charge in [-0.3, -0.25) is 9.10 Å². The van der Waals surface area contributed by atoms with Gasteiger partial charge in [-0.05, 0) is 92.9 Å². The monoisotopic (exact) mass is 574 g/mol. The van der Waals surface area contributed by atoms with E-state index in [9.17, 15) is 13.2 Å². The molecule has 0 heterocycles. The number of nitrogens with zero attached hydrogens (tertiary/aromatic N) is 1. The smallest absolute Gasteiger partial charge is 0.264 e. The molecular weight excluding hydrogens is 544 g/mol. The number of hydrogen-bond donors (Lipinski definition) is 1. The summed E-state index contributed by atoms with van der Waals surface area (Å²) in [5.74, 6) is 1.08. The van der Waals surface area contributed by atoms with Crippen LogP contribution in [0, 0.1) is 0 Å². The molecule has 0 aliphatic rings. The van der Waals surface area contributed by atoms with Gasteiger partial charge in [0.15, 0.2) is 0 Å². The second kappa shape index (κ2) is 13.3. The molecule has 7 nitrogen and oxygen atoms in total. The molecule has 0 unspecified atom stereocenters. The summed E-state index contributed by atoms with van der Waals surface area (Å²) in [6, 6.07) is 20.9.